The van der Waals surface area contributed by atoms with Gasteiger partial charge in [0, 0.05) is 5.56 Å². The molecule has 0 atom stereocenters. The third-order valence-corrected chi connectivity index (χ3v) is 3.22. The Bertz CT molecular complexity index is 585. The van der Waals surface area contributed by atoms with Gasteiger partial charge < -0.3 is 11.1 Å². The van der Waals surface area contributed by atoms with E-state index in [1.807, 2.05) is 30.3 Å². The smallest absolute Gasteiger partial charge is 0.316 e. The predicted molar refractivity (Wildman–Crippen MR) is 75.1 cm³/mol. The molecular weight excluding hydrogens is 271 g/mol. The minimum atomic E-state index is -0.648. The summed E-state index contributed by atoms with van der Waals surface area (Å²) in [5.41, 5.74) is 7.18. The number of urea groups is 1. The van der Waals surface area contributed by atoms with Crippen molar-refractivity contribution in [2.24, 2.45) is 5.73 Å². The molecule has 0 heterocycles. The van der Waals surface area contributed by atoms with E-state index < -0.39 is 6.03 Å². The van der Waals surface area contributed by atoms with E-state index in [1.165, 1.54) is 0 Å². The van der Waals surface area contributed by atoms with Crippen molar-refractivity contribution in [2.45, 2.75) is 0 Å². The van der Waals surface area contributed by atoms with Crippen molar-refractivity contribution in [3.05, 3.63) is 52.5 Å². The summed E-state index contributed by atoms with van der Waals surface area (Å²) in [6, 6.07) is 12.0. The summed E-state index contributed by atoms with van der Waals surface area (Å²) in [5.74, 6) is 0. The van der Waals surface area contributed by atoms with Crippen LogP contribution in [0.15, 0.2) is 42.5 Å². The molecule has 2 aromatic rings. The number of anilines is 1. The fourth-order valence-electron chi connectivity index (χ4n) is 1.67. The van der Waals surface area contributed by atoms with Crippen LogP contribution in [-0.4, -0.2) is 6.03 Å². The fourth-order valence-corrected chi connectivity index (χ4v) is 2.11. The third kappa shape index (κ3) is 2.58. The Hall–Kier alpha value is -1.71. The van der Waals surface area contributed by atoms with Crippen LogP contribution in [-0.2, 0) is 0 Å². The molecule has 5 heteroatoms. The van der Waals surface area contributed by atoms with Crippen LogP contribution in [0.3, 0.4) is 0 Å². The summed E-state index contributed by atoms with van der Waals surface area (Å²) in [5, 5.41) is 3.34. The first-order valence-corrected chi connectivity index (χ1v) is 5.95. The lowest BCUT2D eigenvalue weighted by Gasteiger charge is -2.13. The van der Waals surface area contributed by atoms with Gasteiger partial charge in [0.2, 0.25) is 0 Å². The second-order valence-electron chi connectivity index (χ2n) is 3.64. The molecule has 0 aliphatic heterocycles. The van der Waals surface area contributed by atoms with Gasteiger partial charge in [0.25, 0.3) is 0 Å². The summed E-state index contributed by atoms with van der Waals surface area (Å²) in [7, 11) is 0. The molecule has 3 nitrogen and oxygen atoms in total. The Morgan fingerprint density at radius 1 is 1.06 bits per heavy atom. The molecular formula is C13H10Cl2N2O. The normalized spacial score (nSPS) is 10.1. The Balaban J connectivity index is 2.62. The summed E-state index contributed by atoms with van der Waals surface area (Å²) >= 11 is 12.2. The number of carbonyl (C=O) groups excluding carboxylic acids is 1. The number of primary amides is 1. The highest BCUT2D eigenvalue weighted by atomic mass is 35.5. The van der Waals surface area contributed by atoms with E-state index in [-0.39, 0.29) is 0 Å². The van der Waals surface area contributed by atoms with Gasteiger partial charge in [-0.1, -0.05) is 53.5 Å². The van der Waals surface area contributed by atoms with Crippen molar-refractivity contribution < 1.29 is 4.79 Å². The number of amides is 2. The number of rotatable bonds is 2. The van der Waals surface area contributed by atoms with Gasteiger partial charge in [0.1, 0.15) is 0 Å². The average Bonchev–Trinajstić information content (AvgIpc) is 2.35. The number of carbonyl (C=O) groups is 1. The SMILES string of the molecule is NC(=O)Nc1ccc(Cl)c(Cl)c1-c1ccccc1. The molecule has 0 fully saturated rings. The van der Waals surface area contributed by atoms with Crippen molar-refractivity contribution in [2.75, 3.05) is 5.32 Å². The average molecular weight is 281 g/mol. The zero-order valence-corrected chi connectivity index (χ0v) is 10.8. The number of nitrogens with two attached hydrogens (primary N) is 1. The Labute approximate surface area is 115 Å². The molecule has 0 aliphatic rings. The number of halogens is 2. The monoisotopic (exact) mass is 280 g/mol. The fraction of sp³-hybridized carbons (Fsp3) is 0. The molecule has 0 aliphatic carbocycles. The topological polar surface area (TPSA) is 55.1 Å². The molecule has 2 amide bonds. The highest BCUT2D eigenvalue weighted by molar-refractivity contribution is 6.44. The summed E-state index contributed by atoms with van der Waals surface area (Å²) in [4.78, 5) is 11.0. The van der Waals surface area contributed by atoms with Crippen LogP contribution in [0.2, 0.25) is 10.0 Å². The predicted octanol–water partition coefficient (Wildman–Crippen LogP) is 4.15. The largest absolute Gasteiger partial charge is 0.351 e. The van der Waals surface area contributed by atoms with Crippen LogP contribution in [0.5, 0.6) is 0 Å². The molecule has 0 saturated carbocycles. The highest BCUT2D eigenvalue weighted by Crippen LogP contribution is 2.39. The van der Waals surface area contributed by atoms with Crippen molar-refractivity contribution in [3.63, 3.8) is 0 Å². The van der Waals surface area contributed by atoms with E-state index in [4.69, 9.17) is 28.9 Å². The molecule has 0 unspecified atom stereocenters. The van der Waals surface area contributed by atoms with Crippen LogP contribution >= 0.6 is 23.2 Å². The van der Waals surface area contributed by atoms with E-state index >= 15 is 0 Å². The van der Waals surface area contributed by atoms with E-state index in [9.17, 15) is 4.79 Å². The number of hydrogen-bond acceptors (Lipinski definition) is 1. The zero-order valence-electron chi connectivity index (χ0n) is 9.28. The lowest BCUT2D eigenvalue weighted by Crippen LogP contribution is -2.19. The minimum absolute atomic E-state index is 0.383. The molecule has 2 rings (SSSR count). The van der Waals surface area contributed by atoms with Gasteiger partial charge in [-0.3, -0.25) is 0 Å². The van der Waals surface area contributed by atoms with Gasteiger partial charge in [-0.25, -0.2) is 4.79 Å². The standard InChI is InChI=1S/C13H10Cl2N2O/c14-9-6-7-10(17-13(16)18)11(12(9)15)8-4-2-1-3-5-8/h1-7H,(H3,16,17,18). The van der Waals surface area contributed by atoms with Gasteiger partial charge in [0.15, 0.2) is 0 Å². The molecule has 0 bridgehead atoms. The van der Waals surface area contributed by atoms with E-state index in [0.717, 1.165) is 5.56 Å². The molecule has 0 spiro atoms. The lowest BCUT2D eigenvalue weighted by atomic mass is 10.0. The maximum atomic E-state index is 11.0. The maximum absolute atomic E-state index is 11.0. The van der Waals surface area contributed by atoms with Crippen LogP contribution in [0.4, 0.5) is 10.5 Å². The van der Waals surface area contributed by atoms with Gasteiger partial charge in [-0.2, -0.15) is 0 Å². The maximum Gasteiger partial charge on any atom is 0.316 e. The first-order chi connectivity index (χ1) is 8.59. The summed E-state index contributed by atoms with van der Waals surface area (Å²) in [6.45, 7) is 0. The lowest BCUT2D eigenvalue weighted by molar-refractivity contribution is 0.259. The van der Waals surface area contributed by atoms with Gasteiger partial charge >= 0.3 is 6.03 Å². The first-order valence-electron chi connectivity index (χ1n) is 5.19. The molecule has 0 radical (unpaired) electrons. The third-order valence-electron chi connectivity index (χ3n) is 2.42. The van der Waals surface area contributed by atoms with E-state index in [1.54, 1.807) is 12.1 Å². The van der Waals surface area contributed by atoms with Crippen LogP contribution in [0, 0.1) is 0 Å². The molecule has 0 saturated heterocycles. The van der Waals surface area contributed by atoms with E-state index in [0.29, 0.717) is 21.3 Å². The first kappa shape index (κ1) is 12.7. The molecule has 3 N–H and O–H groups in total. The zero-order chi connectivity index (χ0) is 13.1. The van der Waals surface area contributed by atoms with Crippen molar-refractivity contribution in [3.8, 4) is 11.1 Å². The summed E-state index contributed by atoms with van der Waals surface area (Å²) in [6.07, 6.45) is 0. The number of nitrogens with one attached hydrogen (secondary N) is 1. The van der Waals surface area contributed by atoms with E-state index in [2.05, 4.69) is 5.32 Å². The van der Waals surface area contributed by atoms with Crippen LogP contribution in [0.1, 0.15) is 0 Å². The van der Waals surface area contributed by atoms with Gasteiger partial charge in [0.05, 0.1) is 15.7 Å². The second-order valence-corrected chi connectivity index (χ2v) is 4.42. The van der Waals surface area contributed by atoms with Crippen molar-refractivity contribution >= 4 is 34.9 Å². The summed E-state index contributed by atoms with van der Waals surface area (Å²) < 4.78 is 0. The van der Waals surface area contributed by atoms with Crippen LogP contribution < -0.4 is 11.1 Å². The van der Waals surface area contributed by atoms with Gasteiger partial charge in [-0.05, 0) is 17.7 Å². The Kier molecular flexibility index (Phi) is 3.75. The molecule has 18 heavy (non-hydrogen) atoms. The molecule has 0 aromatic heterocycles. The van der Waals surface area contributed by atoms with Crippen molar-refractivity contribution in [1.82, 2.24) is 0 Å². The molecule has 92 valence electrons. The number of benzene rings is 2. The number of hydrogen-bond donors (Lipinski definition) is 2. The second kappa shape index (κ2) is 5.29. The Morgan fingerprint density at radius 2 is 1.72 bits per heavy atom. The van der Waals surface area contributed by atoms with Crippen molar-refractivity contribution in [1.29, 1.82) is 0 Å². The minimum Gasteiger partial charge on any atom is -0.351 e. The van der Waals surface area contributed by atoms with Crippen LogP contribution in [0.25, 0.3) is 11.1 Å². The Morgan fingerprint density at radius 3 is 2.33 bits per heavy atom. The van der Waals surface area contributed by atoms with Gasteiger partial charge in [-0.15, -0.1) is 0 Å². The molecule has 2 aromatic carbocycles. The highest BCUT2D eigenvalue weighted by Gasteiger charge is 2.13. The quantitative estimate of drug-likeness (QED) is 0.853.